The number of benzene rings is 2. The number of nitrogens with zero attached hydrogens (tertiary/aromatic N) is 2. The van der Waals surface area contributed by atoms with Crippen LogP contribution >= 0.6 is 0 Å². The summed E-state index contributed by atoms with van der Waals surface area (Å²) in [6, 6.07) is 10.7. The van der Waals surface area contributed by atoms with Gasteiger partial charge in [-0.1, -0.05) is 18.2 Å². The topological polar surface area (TPSA) is 45.2 Å². The Morgan fingerprint density at radius 3 is 2.03 bits per heavy atom. The van der Waals surface area contributed by atoms with Crippen LogP contribution in [0.1, 0.15) is 34.0 Å². The van der Waals surface area contributed by atoms with Gasteiger partial charge in [0, 0.05) is 18.4 Å². The normalized spacial score (nSPS) is 16.3. The first-order valence-electron chi connectivity index (χ1n) is 9.90. The number of aromatic nitrogens is 1. The minimum Gasteiger partial charge on any atom is -0.311 e. The maximum Gasteiger partial charge on any atom is 0.416 e. The minimum atomic E-state index is -4.50. The van der Waals surface area contributed by atoms with E-state index in [2.05, 4.69) is 10.3 Å². The number of fused-ring (bicyclic) bond motifs is 1. The second-order valence-corrected chi connectivity index (χ2v) is 7.52. The second-order valence-electron chi connectivity index (χ2n) is 7.52. The lowest BCUT2D eigenvalue weighted by Gasteiger charge is -2.36. The highest BCUT2D eigenvalue weighted by Crippen LogP contribution is 2.36. The van der Waals surface area contributed by atoms with Crippen LogP contribution in [0.2, 0.25) is 0 Å². The number of carbonyl (C=O) groups excluding carboxylic acids is 1. The molecule has 4 rings (SSSR count). The molecule has 4 nitrogen and oxygen atoms in total. The first-order valence-corrected chi connectivity index (χ1v) is 9.90. The fraction of sp³-hybridized carbons (Fsp3) is 0.217. The number of amides is 2. The monoisotopic (exact) mass is 465 g/mol. The third-order valence-electron chi connectivity index (χ3n) is 5.40. The SMILES string of the molecule is O=C(Nc1ccc(C(F)(F)F)cc1)N1CCc2cccnc2C1c1ccc(C(F)(F)F)cc1. The highest BCUT2D eigenvalue weighted by atomic mass is 19.4. The molecular weight excluding hydrogens is 448 g/mol. The summed E-state index contributed by atoms with van der Waals surface area (Å²) in [5.41, 5.74) is 0.326. The number of alkyl halides is 6. The van der Waals surface area contributed by atoms with Gasteiger partial charge in [0.1, 0.15) is 6.04 Å². The molecule has 172 valence electrons. The Kier molecular flexibility index (Phi) is 5.77. The van der Waals surface area contributed by atoms with Gasteiger partial charge in [-0.3, -0.25) is 4.98 Å². The van der Waals surface area contributed by atoms with Crippen LogP contribution in [0.3, 0.4) is 0 Å². The van der Waals surface area contributed by atoms with E-state index in [0.29, 0.717) is 17.7 Å². The van der Waals surface area contributed by atoms with E-state index in [1.54, 1.807) is 6.07 Å². The zero-order chi connectivity index (χ0) is 23.8. The molecule has 1 N–H and O–H groups in total. The number of halogens is 6. The van der Waals surface area contributed by atoms with E-state index < -0.39 is 35.6 Å². The lowest BCUT2D eigenvalue weighted by Crippen LogP contribution is -2.43. The predicted octanol–water partition coefficient (Wildman–Crippen LogP) is 6.30. The molecule has 0 bridgehead atoms. The van der Waals surface area contributed by atoms with Crippen molar-refractivity contribution in [3.05, 3.63) is 94.8 Å². The van der Waals surface area contributed by atoms with Gasteiger partial charge in [-0.25, -0.2) is 4.79 Å². The Bertz CT molecular complexity index is 1140. The standard InChI is InChI=1S/C23H17F6N3O/c24-22(25,26)16-5-3-15(4-6-16)20-19-14(2-1-12-30-19)11-13-32(20)21(33)31-18-9-7-17(8-10-18)23(27,28)29/h1-10,12,20H,11,13H2,(H,31,33). The van der Waals surface area contributed by atoms with Crippen LogP contribution in [0.5, 0.6) is 0 Å². The lowest BCUT2D eigenvalue weighted by molar-refractivity contribution is -0.138. The number of rotatable bonds is 2. The first kappa shape index (κ1) is 22.6. The van der Waals surface area contributed by atoms with E-state index >= 15 is 0 Å². The van der Waals surface area contributed by atoms with Crippen LogP contribution < -0.4 is 5.32 Å². The number of urea groups is 1. The van der Waals surface area contributed by atoms with Crippen molar-refractivity contribution in [2.75, 3.05) is 11.9 Å². The number of hydrogen-bond donors (Lipinski definition) is 1. The summed E-state index contributed by atoms with van der Waals surface area (Å²) in [7, 11) is 0. The Balaban J connectivity index is 1.64. The summed E-state index contributed by atoms with van der Waals surface area (Å²) in [5.74, 6) is 0. The van der Waals surface area contributed by atoms with Crippen LogP contribution in [0, 0.1) is 0 Å². The van der Waals surface area contributed by atoms with Crippen LogP contribution in [0.15, 0.2) is 66.9 Å². The molecule has 0 fully saturated rings. The summed E-state index contributed by atoms with van der Waals surface area (Å²) in [5, 5.41) is 2.57. The molecule has 0 saturated heterocycles. The van der Waals surface area contributed by atoms with Gasteiger partial charge in [-0.05, 0) is 60.0 Å². The van der Waals surface area contributed by atoms with Gasteiger partial charge in [0.25, 0.3) is 0 Å². The smallest absolute Gasteiger partial charge is 0.311 e. The van der Waals surface area contributed by atoms with Gasteiger partial charge in [-0.15, -0.1) is 0 Å². The quantitative estimate of drug-likeness (QED) is 0.452. The molecule has 1 aromatic heterocycles. The molecule has 0 aliphatic carbocycles. The zero-order valence-electron chi connectivity index (χ0n) is 16.9. The van der Waals surface area contributed by atoms with Crippen molar-refractivity contribution < 1.29 is 31.1 Å². The molecule has 1 atom stereocenters. The molecule has 2 heterocycles. The summed E-state index contributed by atoms with van der Waals surface area (Å²) in [6.45, 7) is 0.247. The molecule has 10 heteroatoms. The highest BCUT2D eigenvalue weighted by Gasteiger charge is 2.35. The third-order valence-corrected chi connectivity index (χ3v) is 5.40. The molecule has 0 radical (unpaired) electrons. The molecule has 1 aliphatic heterocycles. The van der Waals surface area contributed by atoms with Gasteiger partial charge in [0.15, 0.2) is 0 Å². The van der Waals surface area contributed by atoms with Crippen molar-refractivity contribution in [3.8, 4) is 0 Å². The van der Waals surface area contributed by atoms with Crippen molar-refractivity contribution >= 4 is 11.7 Å². The second kappa shape index (κ2) is 8.42. The molecule has 3 aromatic rings. The number of nitrogens with one attached hydrogen (secondary N) is 1. The summed E-state index contributed by atoms with van der Waals surface area (Å²) < 4.78 is 77.3. The van der Waals surface area contributed by atoms with E-state index in [0.717, 1.165) is 42.0 Å². The zero-order valence-corrected chi connectivity index (χ0v) is 16.9. The fourth-order valence-corrected chi connectivity index (χ4v) is 3.77. The largest absolute Gasteiger partial charge is 0.416 e. The molecule has 1 unspecified atom stereocenters. The van der Waals surface area contributed by atoms with Crippen molar-refractivity contribution in [2.24, 2.45) is 0 Å². The highest BCUT2D eigenvalue weighted by molar-refractivity contribution is 5.90. The molecule has 0 saturated carbocycles. The van der Waals surface area contributed by atoms with E-state index in [1.807, 2.05) is 6.07 Å². The van der Waals surface area contributed by atoms with Crippen LogP contribution in [-0.4, -0.2) is 22.5 Å². The summed E-state index contributed by atoms with van der Waals surface area (Å²) in [4.78, 5) is 18.8. The van der Waals surface area contributed by atoms with Crippen molar-refractivity contribution in [1.82, 2.24) is 9.88 Å². The van der Waals surface area contributed by atoms with E-state index in [4.69, 9.17) is 0 Å². The molecule has 1 aliphatic rings. The Morgan fingerprint density at radius 1 is 0.879 bits per heavy atom. The van der Waals surface area contributed by atoms with Crippen LogP contribution in [0.4, 0.5) is 36.8 Å². The Hall–Kier alpha value is -3.56. The van der Waals surface area contributed by atoms with E-state index in [1.165, 1.54) is 23.2 Å². The van der Waals surface area contributed by atoms with E-state index in [9.17, 15) is 31.1 Å². The maximum absolute atomic E-state index is 13.1. The van der Waals surface area contributed by atoms with Crippen LogP contribution in [-0.2, 0) is 18.8 Å². The minimum absolute atomic E-state index is 0.158. The lowest BCUT2D eigenvalue weighted by atomic mass is 9.92. The summed E-state index contributed by atoms with van der Waals surface area (Å²) >= 11 is 0. The molecule has 2 amide bonds. The molecule has 2 aromatic carbocycles. The Morgan fingerprint density at radius 2 is 1.45 bits per heavy atom. The van der Waals surface area contributed by atoms with Gasteiger partial charge >= 0.3 is 18.4 Å². The number of pyridine rings is 1. The van der Waals surface area contributed by atoms with Gasteiger partial charge in [0.2, 0.25) is 0 Å². The average Bonchev–Trinajstić information content (AvgIpc) is 2.77. The van der Waals surface area contributed by atoms with Crippen molar-refractivity contribution in [3.63, 3.8) is 0 Å². The van der Waals surface area contributed by atoms with Crippen LogP contribution in [0.25, 0.3) is 0 Å². The number of carbonyl (C=O) groups is 1. The van der Waals surface area contributed by atoms with E-state index in [-0.39, 0.29) is 12.2 Å². The average molecular weight is 465 g/mol. The van der Waals surface area contributed by atoms with Crippen molar-refractivity contribution in [1.29, 1.82) is 0 Å². The summed E-state index contributed by atoms with van der Waals surface area (Å²) in [6.07, 6.45) is -6.99. The predicted molar refractivity (Wildman–Crippen MR) is 108 cm³/mol. The third kappa shape index (κ3) is 4.79. The maximum atomic E-state index is 13.1. The molecule has 33 heavy (non-hydrogen) atoms. The number of hydrogen-bond acceptors (Lipinski definition) is 2. The Labute approximate surface area is 184 Å². The fourth-order valence-electron chi connectivity index (χ4n) is 3.77. The first-order chi connectivity index (χ1) is 15.5. The van der Waals surface area contributed by atoms with Gasteiger partial charge < -0.3 is 10.2 Å². The number of anilines is 1. The van der Waals surface area contributed by atoms with Gasteiger partial charge in [0.05, 0.1) is 16.8 Å². The molecule has 0 spiro atoms. The molecular formula is C23H17F6N3O. The van der Waals surface area contributed by atoms with Crippen molar-refractivity contribution in [2.45, 2.75) is 24.8 Å². The van der Waals surface area contributed by atoms with Gasteiger partial charge in [-0.2, -0.15) is 26.3 Å².